The van der Waals surface area contributed by atoms with Crippen molar-refractivity contribution in [2.75, 3.05) is 23.8 Å². The fourth-order valence-electron chi connectivity index (χ4n) is 2.35. The van der Waals surface area contributed by atoms with Crippen molar-refractivity contribution in [3.05, 3.63) is 57.6 Å². The van der Waals surface area contributed by atoms with E-state index in [1.807, 2.05) is 0 Å². The molecule has 0 saturated heterocycles. The van der Waals surface area contributed by atoms with Gasteiger partial charge in [-0.3, -0.25) is 14.9 Å². The van der Waals surface area contributed by atoms with Gasteiger partial charge in [0.25, 0.3) is 5.69 Å². The molecular formula is C18H18F3N3O4. The Hall–Kier alpha value is -3.30. The molecule has 0 bridgehead atoms. The number of hydrogen-bond acceptors (Lipinski definition) is 5. The van der Waals surface area contributed by atoms with Crippen LogP contribution in [0.25, 0.3) is 0 Å². The molecule has 0 atom stereocenters. The Morgan fingerprint density at radius 1 is 1.18 bits per heavy atom. The number of nitro groups is 1. The van der Waals surface area contributed by atoms with Crippen LogP contribution in [0.5, 0.6) is 5.75 Å². The van der Waals surface area contributed by atoms with Gasteiger partial charge in [0.15, 0.2) is 0 Å². The van der Waals surface area contributed by atoms with E-state index in [4.69, 9.17) is 4.74 Å². The van der Waals surface area contributed by atoms with Crippen LogP contribution in [-0.4, -0.2) is 24.0 Å². The largest absolute Gasteiger partial charge is 0.492 e. The smallest absolute Gasteiger partial charge is 0.416 e. The Kier molecular flexibility index (Phi) is 6.45. The summed E-state index contributed by atoms with van der Waals surface area (Å²) in [6, 6.07) is 6.93. The van der Waals surface area contributed by atoms with Crippen molar-refractivity contribution in [1.82, 2.24) is 0 Å². The fraction of sp³-hybridized carbons (Fsp3) is 0.278. The Labute approximate surface area is 158 Å². The minimum absolute atomic E-state index is 0.0163. The number of halogens is 3. The number of aryl methyl sites for hydroxylation is 1. The second kappa shape index (κ2) is 8.59. The summed E-state index contributed by atoms with van der Waals surface area (Å²) < 4.78 is 44.0. The number of ether oxygens (including phenoxy) is 1. The highest BCUT2D eigenvalue weighted by Crippen LogP contribution is 2.35. The van der Waals surface area contributed by atoms with Gasteiger partial charge >= 0.3 is 6.18 Å². The molecule has 7 nitrogen and oxygen atoms in total. The summed E-state index contributed by atoms with van der Waals surface area (Å²) in [4.78, 5) is 22.4. The SMILES string of the molecule is CCOc1ccc(C(F)(F)F)cc1NCC(=O)Nc1cc([N+](=O)[O-])ccc1C. The molecule has 0 radical (unpaired) electrons. The molecule has 0 spiro atoms. The van der Waals surface area contributed by atoms with Gasteiger partial charge in [-0.25, -0.2) is 0 Å². The number of alkyl halides is 3. The number of carbonyl (C=O) groups is 1. The van der Waals surface area contributed by atoms with Gasteiger partial charge in [0.1, 0.15) is 5.75 Å². The van der Waals surface area contributed by atoms with E-state index in [1.165, 1.54) is 24.3 Å². The monoisotopic (exact) mass is 397 g/mol. The number of carbonyl (C=O) groups excluding carboxylic acids is 1. The zero-order chi connectivity index (χ0) is 20.9. The summed E-state index contributed by atoms with van der Waals surface area (Å²) in [5.74, 6) is -0.404. The molecule has 150 valence electrons. The van der Waals surface area contributed by atoms with E-state index in [1.54, 1.807) is 13.8 Å². The summed E-state index contributed by atoms with van der Waals surface area (Å²) in [5.41, 5.74) is -0.204. The first-order valence-electron chi connectivity index (χ1n) is 8.24. The van der Waals surface area contributed by atoms with Gasteiger partial charge in [0.05, 0.1) is 35.0 Å². The summed E-state index contributed by atoms with van der Waals surface area (Å²) in [6.07, 6.45) is -4.54. The number of rotatable bonds is 7. The van der Waals surface area contributed by atoms with E-state index in [-0.39, 0.29) is 36.0 Å². The highest BCUT2D eigenvalue weighted by atomic mass is 19.4. The van der Waals surface area contributed by atoms with Crippen LogP contribution in [-0.2, 0) is 11.0 Å². The Bertz CT molecular complexity index is 885. The van der Waals surface area contributed by atoms with Gasteiger partial charge in [-0.15, -0.1) is 0 Å². The zero-order valence-electron chi connectivity index (χ0n) is 15.1. The fourth-order valence-corrected chi connectivity index (χ4v) is 2.35. The van der Waals surface area contributed by atoms with Crippen molar-refractivity contribution in [1.29, 1.82) is 0 Å². The third-order valence-electron chi connectivity index (χ3n) is 3.75. The van der Waals surface area contributed by atoms with E-state index in [0.717, 1.165) is 12.1 Å². The van der Waals surface area contributed by atoms with Gasteiger partial charge in [0, 0.05) is 12.1 Å². The van der Waals surface area contributed by atoms with Crippen LogP contribution in [0, 0.1) is 17.0 Å². The number of nitrogens with one attached hydrogen (secondary N) is 2. The summed E-state index contributed by atoms with van der Waals surface area (Å²) in [6.45, 7) is 3.22. The molecule has 2 aromatic rings. The molecule has 2 rings (SSSR count). The van der Waals surface area contributed by atoms with Crippen LogP contribution in [0.3, 0.4) is 0 Å². The van der Waals surface area contributed by atoms with Gasteiger partial charge in [-0.2, -0.15) is 13.2 Å². The third-order valence-corrected chi connectivity index (χ3v) is 3.75. The average Bonchev–Trinajstić information content (AvgIpc) is 2.61. The number of nitro benzene ring substituents is 1. The molecule has 0 aromatic heterocycles. The van der Waals surface area contributed by atoms with E-state index < -0.39 is 22.6 Å². The molecule has 0 saturated carbocycles. The Morgan fingerprint density at radius 3 is 2.50 bits per heavy atom. The van der Waals surface area contributed by atoms with E-state index in [2.05, 4.69) is 10.6 Å². The van der Waals surface area contributed by atoms with Gasteiger partial charge in [0.2, 0.25) is 5.91 Å². The minimum Gasteiger partial charge on any atom is -0.492 e. The van der Waals surface area contributed by atoms with Crippen LogP contribution in [0.1, 0.15) is 18.1 Å². The van der Waals surface area contributed by atoms with Gasteiger partial charge in [-0.1, -0.05) is 6.07 Å². The predicted octanol–water partition coefficient (Wildman–Crippen LogP) is 4.37. The molecule has 0 aliphatic rings. The standard InChI is InChI=1S/C18H18F3N3O4/c1-3-28-16-7-5-12(18(19,20)21)8-15(16)22-10-17(25)23-14-9-13(24(26)27)6-4-11(14)2/h4-9,22H,3,10H2,1-2H3,(H,23,25). The van der Waals surface area contributed by atoms with Crippen molar-refractivity contribution in [2.45, 2.75) is 20.0 Å². The number of anilines is 2. The lowest BCUT2D eigenvalue weighted by Crippen LogP contribution is -2.22. The first-order valence-corrected chi connectivity index (χ1v) is 8.24. The van der Waals surface area contributed by atoms with Crippen LogP contribution in [0.4, 0.5) is 30.2 Å². The molecule has 1 amide bonds. The maximum absolute atomic E-state index is 12.9. The lowest BCUT2D eigenvalue weighted by atomic mass is 10.1. The molecule has 0 fully saturated rings. The third kappa shape index (κ3) is 5.35. The molecule has 10 heteroatoms. The molecule has 0 unspecified atom stereocenters. The second-order valence-electron chi connectivity index (χ2n) is 5.80. The van der Waals surface area contributed by atoms with E-state index >= 15 is 0 Å². The second-order valence-corrected chi connectivity index (χ2v) is 5.80. The van der Waals surface area contributed by atoms with Crippen molar-refractivity contribution >= 4 is 23.0 Å². The summed E-state index contributed by atoms with van der Waals surface area (Å²) in [5, 5.41) is 16.0. The van der Waals surface area contributed by atoms with Crippen molar-refractivity contribution in [3.8, 4) is 5.75 Å². The van der Waals surface area contributed by atoms with Crippen molar-refractivity contribution in [3.63, 3.8) is 0 Å². The highest BCUT2D eigenvalue weighted by Gasteiger charge is 2.31. The van der Waals surface area contributed by atoms with Crippen LogP contribution in [0.15, 0.2) is 36.4 Å². The molecule has 2 N–H and O–H groups in total. The minimum atomic E-state index is -4.54. The number of hydrogen-bond donors (Lipinski definition) is 2. The molecule has 0 aliphatic carbocycles. The molecule has 2 aromatic carbocycles. The lowest BCUT2D eigenvalue weighted by Gasteiger charge is -2.15. The van der Waals surface area contributed by atoms with Crippen LogP contribution < -0.4 is 15.4 Å². The number of non-ortho nitro benzene ring substituents is 1. The first kappa shape index (κ1) is 21.0. The Balaban J connectivity index is 2.14. The normalized spacial score (nSPS) is 11.0. The Morgan fingerprint density at radius 2 is 1.89 bits per heavy atom. The maximum Gasteiger partial charge on any atom is 0.416 e. The van der Waals surface area contributed by atoms with Crippen molar-refractivity contribution in [2.24, 2.45) is 0 Å². The zero-order valence-corrected chi connectivity index (χ0v) is 15.1. The molecule has 28 heavy (non-hydrogen) atoms. The quantitative estimate of drug-likeness (QED) is 0.535. The van der Waals surface area contributed by atoms with Gasteiger partial charge < -0.3 is 15.4 Å². The van der Waals surface area contributed by atoms with E-state index in [9.17, 15) is 28.1 Å². The topological polar surface area (TPSA) is 93.5 Å². The summed E-state index contributed by atoms with van der Waals surface area (Å²) in [7, 11) is 0. The number of benzene rings is 2. The van der Waals surface area contributed by atoms with Crippen LogP contribution >= 0.6 is 0 Å². The number of amides is 1. The average molecular weight is 397 g/mol. The molecular weight excluding hydrogens is 379 g/mol. The predicted molar refractivity (Wildman–Crippen MR) is 97.6 cm³/mol. The lowest BCUT2D eigenvalue weighted by molar-refractivity contribution is -0.384. The summed E-state index contributed by atoms with van der Waals surface area (Å²) >= 11 is 0. The highest BCUT2D eigenvalue weighted by molar-refractivity contribution is 5.95. The first-order chi connectivity index (χ1) is 13.1. The van der Waals surface area contributed by atoms with Gasteiger partial charge in [-0.05, 0) is 37.6 Å². The van der Waals surface area contributed by atoms with Crippen molar-refractivity contribution < 1.29 is 27.6 Å². The number of nitrogens with zero attached hydrogens (tertiary/aromatic N) is 1. The molecule has 0 heterocycles. The van der Waals surface area contributed by atoms with E-state index in [0.29, 0.717) is 5.56 Å². The molecule has 0 aliphatic heterocycles. The van der Waals surface area contributed by atoms with Crippen LogP contribution in [0.2, 0.25) is 0 Å². The maximum atomic E-state index is 12.9.